The fourth-order valence-corrected chi connectivity index (χ4v) is 2.64. The lowest BCUT2D eigenvalue weighted by atomic mass is 10.1. The number of amides is 1. The average molecular weight is 400 g/mol. The lowest BCUT2D eigenvalue weighted by Gasteiger charge is -2.19. The second-order valence-corrected chi connectivity index (χ2v) is 5.76. The fourth-order valence-electron chi connectivity index (χ4n) is 2.31. The molecule has 142 valence electrons. The summed E-state index contributed by atoms with van der Waals surface area (Å²) in [7, 11) is 0. The Morgan fingerprint density at radius 2 is 1.62 bits per heavy atom. The Labute approximate surface area is 147 Å². The van der Waals surface area contributed by atoms with Crippen molar-refractivity contribution in [2.75, 3.05) is 4.90 Å². The molecule has 1 heterocycles. The van der Waals surface area contributed by atoms with Gasteiger partial charge in [0.1, 0.15) is 6.04 Å². The molecule has 1 aliphatic heterocycles. The third-order valence-electron chi connectivity index (χ3n) is 3.50. The summed E-state index contributed by atoms with van der Waals surface area (Å²) in [6, 6.07) is -0.466. The Hall–Kier alpha value is -2.37. The van der Waals surface area contributed by atoms with Crippen molar-refractivity contribution in [2.45, 2.75) is 31.2 Å². The van der Waals surface area contributed by atoms with Crippen LogP contribution in [0, 0.1) is 0 Å². The summed E-state index contributed by atoms with van der Waals surface area (Å²) in [5.74, 6) is -2.15. The number of carboxylic acid groups (broad SMARTS) is 1. The first-order valence-corrected chi connectivity index (χ1v) is 7.37. The van der Waals surface area contributed by atoms with E-state index in [2.05, 4.69) is 5.32 Å². The van der Waals surface area contributed by atoms with E-state index in [1.807, 2.05) is 0 Å². The zero-order valence-electron chi connectivity index (χ0n) is 12.6. The third-order valence-corrected chi connectivity index (χ3v) is 3.80. The molecule has 0 bridgehead atoms. The molecule has 1 atom stereocenters. The van der Waals surface area contributed by atoms with E-state index >= 15 is 0 Å². The van der Waals surface area contributed by atoms with Crippen LogP contribution >= 0.6 is 12.2 Å². The zero-order valence-corrected chi connectivity index (χ0v) is 13.4. The minimum absolute atomic E-state index is 0.0670. The molecule has 1 aromatic rings. The summed E-state index contributed by atoms with van der Waals surface area (Å²) in [5, 5.41) is 10.6. The van der Waals surface area contributed by atoms with Gasteiger partial charge in [0, 0.05) is 6.42 Å². The number of aliphatic carboxylic acids is 1. The fraction of sp³-hybridized carbons (Fsp3) is 0.357. The predicted octanol–water partition coefficient (Wildman–Crippen LogP) is 3.18. The lowest BCUT2D eigenvalue weighted by molar-refractivity contribution is -0.143. The predicted molar refractivity (Wildman–Crippen MR) is 80.3 cm³/mol. The first-order chi connectivity index (χ1) is 11.8. The number of thiocarbonyl (C=S) groups is 1. The number of halogens is 6. The number of hydrogen-bond acceptors (Lipinski definition) is 3. The first kappa shape index (κ1) is 19.9. The molecule has 1 aliphatic rings. The second-order valence-electron chi connectivity index (χ2n) is 5.37. The number of rotatable bonds is 4. The Morgan fingerprint density at radius 1 is 1.12 bits per heavy atom. The van der Waals surface area contributed by atoms with Gasteiger partial charge < -0.3 is 10.4 Å². The Kier molecular flexibility index (Phi) is 5.17. The van der Waals surface area contributed by atoms with Crippen molar-refractivity contribution in [1.29, 1.82) is 0 Å². The quantitative estimate of drug-likeness (QED) is 0.600. The van der Waals surface area contributed by atoms with Crippen LogP contribution in [0.3, 0.4) is 0 Å². The average Bonchev–Trinajstić information content (AvgIpc) is 2.77. The number of benzene rings is 1. The van der Waals surface area contributed by atoms with Crippen molar-refractivity contribution in [3.8, 4) is 0 Å². The molecular formula is C14H10F6N2O3S. The maximum atomic E-state index is 12.9. The normalized spacial score (nSPS) is 18.2. The minimum Gasteiger partial charge on any atom is -0.481 e. The standard InChI is InChI=1S/C14H10F6N2O3S/c15-13(16,17)6-3-7(14(18,19)20)5-8(4-6)22-11(25)9(21-12(22)26)1-2-10(23)24/h3-5,9H,1-2H2,(H,21,26)(H,23,24). The molecule has 2 N–H and O–H groups in total. The van der Waals surface area contributed by atoms with Crippen LogP contribution in [-0.4, -0.2) is 28.1 Å². The summed E-state index contributed by atoms with van der Waals surface area (Å²) in [5.41, 5.74) is -3.88. The van der Waals surface area contributed by atoms with E-state index in [0.29, 0.717) is 17.0 Å². The highest BCUT2D eigenvalue weighted by atomic mass is 32.1. The van der Waals surface area contributed by atoms with E-state index in [0.717, 1.165) is 0 Å². The van der Waals surface area contributed by atoms with Crippen molar-refractivity contribution in [1.82, 2.24) is 5.32 Å². The molecule has 1 unspecified atom stereocenters. The second kappa shape index (κ2) is 6.74. The summed E-state index contributed by atoms with van der Waals surface area (Å²) in [4.78, 5) is 23.3. The molecule has 1 aromatic carbocycles. The van der Waals surface area contributed by atoms with Gasteiger partial charge in [-0.3, -0.25) is 14.5 Å². The van der Waals surface area contributed by atoms with Crippen LogP contribution in [-0.2, 0) is 21.9 Å². The maximum Gasteiger partial charge on any atom is 0.416 e. The van der Waals surface area contributed by atoms with E-state index in [4.69, 9.17) is 17.3 Å². The van der Waals surface area contributed by atoms with E-state index in [1.165, 1.54) is 0 Å². The van der Waals surface area contributed by atoms with Crippen molar-refractivity contribution in [3.63, 3.8) is 0 Å². The van der Waals surface area contributed by atoms with Crippen LogP contribution in [0.4, 0.5) is 32.0 Å². The van der Waals surface area contributed by atoms with E-state index in [9.17, 15) is 35.9 Å². The molecule has 0 aromatic heterocycles. The van der Waals surface area contributed by atoms with E-state index in [-0.39, 0.29) is 12.5 Å². The summed E-state index contributed by atoms with van der Waals surface area (Å²) < 4.78 is 77.5. The van der Waals surface area contributed by atoms with Crippen molar-refractivity contribution in [2.24, 2.45) is 0 Å². The number of carbonyl (C=O) groups is 2. The van der Waals surface area contributed by atoms with Crippen LogP contribution in [0.2, 0.25) is 0 Å². The SMILES string of the molecule is O=C(O)CCC1NC(=S)N(c2cc(C(F)(F)F)cc(C(F)(F)F)c2)C1=O. The molecule has 1 amide bonds. The van der Waals surface area contributed by atoms with Crippen LogP contribution in [0.5, 0.6) is 0 Å². The largest absolute Gasteiger partial charge is 0.481 e. The van der Waals surface area contributed by atoms with Gasteiger partial charge >= 0.3 is 18.3 Å². The molecule has 1 saturated heterocycles. The molecule has 5 nitrogen and oxygen atoms in total. The van der Waals surface area contributed by atoms with Crippen molar-refractivity contribution in [3.05, 3.63) is 29.3 Å². The molecule has 0 spiro atoms. The topological polar surface area (TPSA) is 69.6 Å². The van der Waals surface area contributed by atoms with Crippen LogP contribution in [0.1, 0.15) is 24.0 Å². The van der Waals surface area contributed by atoms with Gasteiger partial charge in [-0.1, -0.05) is 0 Å². The number of nitrogens with zero attached hydrogens (tertiary/aromatic N) is 1. The van der Waals surface area contributed by atoms with Crippen LogP contribution < -0.4 is 10.2 Å². The number of carboxylic acids is 1. The van der Waals surface area contributed by atoms with Gasteiger partial charge in [0.15, 0.2) is 5.11 Å². The number of hydrogen-bond donors (Lipinski definition) is 2. The van der Waals surface area contributed by atoms with Gasteiger partial charge in [-0.15, -0.1) is 0 Å². The molecule has 1 fully saturated rings. The molecule has 0 radical (unpaired) electrons. The van der Waals surface area contributed by atoms with Gasteiger partial charge in [0.2, 0.25) is 0 Å². The van der Waals surface area contributed by atoms with Gasteiger partial charge in [0.05, 0.1) is 16.8 Å². The van der Waals surface area contributed by atoms with Crippen molar-refractivity contribution < 1.29 is 41.0 Å². The highest BCUT2D eigenvalue weighted by Gasteiger charge is 2.41. The highest BCUT2D eigenvalue weighted by Crippen LogP contribution is 2.39. The molecule has 12 heteroatoms. The highest BCUT2D eigenvalue weighted by molar-refractivity contribution is 7.80. The molecular weight excluding hydrogens is 390 g/mol. The smallest absolute Gasteiger partial charge is 0.416 e. The number of carbonyl (C=O) groups excluding carboxylic acids is 1. The summed E-state index contributed by atoms with van der Waals surface area (Å²) >= 11 is 4.81. The van der Waals surface area contributed by atoms with Crippen molar-refractivity contribution >= 4 is 34.9 Å². The Morgan fingerprint density at radius 3 is 2.04 bits per heavy atom. The van der Waals surface area contributed by atoms with E-state index in [1.54, 1.807) is 0 Å². The molecule has 26 heavy (non-hydrogen) atoms. The van der Waals surface area contributed by atoms with Gasteiger partial charge in [0.25, 0.3) is 5.91 Å². The third kappa shape index (κ3) is 4.23. The van der Waals surface area contributed by atoms with Crippen LogP contribution in [0.25, 0.3) is 0 Å². The molecule has 2 rings (SSSR count). The first-order valence-electron chi connectivity index (χ1n) is 6.96. The monoisotopic (exact) mass is 400 g/mol. The number of anilines is 1. The number of nitrogens with one attached hydrogen (secondary N) is 1. The van der Waals surface area contributed by atoms with Gasteiger partial charge in [-0.25, -0.2) is 0 Å². The Balaban J connectivity index is 2.45. The molecule has 0 aliphatic carbocycles. The zero-order chi connectivity index (χ0) is 19.9. The maximum absolute atomic E-state index is 12.9. The Bertz CT molecular complexity index is 730. The lowest BCUT2D eigenvalue weighted by Crippen LogP contribution is -2.32. The molecule has 0 saturated carbocycles. The van der Waals surface area contributed by atoms with Crippen LogP contribution in [0.15, 0.2) is 18.2 Å². The summed E-state index contributed by atoms with van der Waals surface area (Å²) in [6.45, 7) is 0. The minimum atomic E-state index is -5.07. The number of alkyl halides is 6. The summed E-state index contributed by atoms with van der Waals surface area (Å²) in [6.07, 6.45) is -10.8. The van der Waals surface area contributed by atoms with Gasteiger partial charge in [-0.2, -0.15) is 26.3 Å². The van der Waals surface area contributed by atoms with E-state index < -0.39 is 58.6 Å². The van der Waals surface area contributed by atoms with Gasteiger partial charge in [-0.05, 0) is 36.8 Å².